The van der Waals surface area contributed by atoms with Gasteiger partial charge in [0, 0.05) is 62.1 Å². The number of hydrogen-bond donors (Lipinski definition) is 1. The van der Waals surface area contributed by atoms with Crippen LogP contribution in [0.15, 0.2) is 79.4 Å². The van der Waals surface area contributed by atoms with Gasteiger partial charge in [0.05, 0.1) is 22.3 Å². The van der Waals surface area contributed by atoms with Crippen molar-refractivity contribution in [3.8, 4) is 5.75 Å². The smallest absolute Gasteiger partial charge is 0.264 e. The van der Waals surface area contributed by atoms with Gasteiger partial charge < -0.3 is 10.0 Å². The van der Waals surface area contributed by atoms with Gasteiger partial charge in [0.25, 0.3) is 17.7 Å². The Kier molecular flexibility index (Phi) is 8.52. The van der Waals surface area contributed by atoms with Crippen LogP contribution >= 0.6 is 0 Å². The average Bonchev–Trinajstić information content (AvgIpc) is 3.34. The second-order valence-corrected chi connectivity index (χ2v) is 9.50. The van der Waals surface area contributed by atoms with E-state index < -0.39 is 17.6 Å². The van der Waals surface area contributed by atoms with Gasteiger partial charge in [0.15, 0.2) is 5.78 Å². The molecule has 0 saturated heterocycles. The van der Waals surface area contributed by atoms with E-state index in [1.165, 1.54) is 34.7 Å². The third-order valence-corrected chi connectivity index (χ3v) is 7.01. The maximum absolute atomic E-state index is 13.3. The molecule has 6 rings (SSSR count). The average molecular weight is 617 g/mol. The Labute approximate surface area is 263 Å². The van der Waals surface area contributed by atoms with E-state index in [4.69, 9.17) is 0 Å². The largest absolute Gasteiger partial charge is 0.507 e. The van der Waals surface area contributed by atoms with Crippen LogP contribution in [-0.2, 0) is 32.7 Å². The molecule has 0 spiro atoms. The molecule has 2 heterocycles. The molecule has 0 saturated carbocycles. The number of rotatable bonds is 3. The zero-order chi connectivity index (χ0) is 28.7. The zero-order valence-electron chi connectivity index (χ0n) is 22.7. The van der Waals surface area contributed by atoms with Gasteiger partial charge in [-0.15, -0.1) is 12.1 Å². The van der Waals surface area contributed by atoms with E-state index in [0.29, 0.717) is 22.5 Å². The number of imide groups is 1. The van der Waals surface area contributed by atoms with E-state index >= 15 is 0 Å². The predicted molar refractivity (Wildman–Crippen MR) is 150 cm³/mol. The van der Waals surface area contributed by atoms with Crippen molar-refractivity contribution in [1.29, 1.82) is 0 Å². The topological polar surface area (TPSA) is 95.0 Å². The van der Waals surface area contributed by atoms with Crippen LogP contribution in [0.25, 0.3) is 5.70 Å². The van der Waals surface area contributed by atoms with E-state index in [1.54, 1.807) is 38.2 Å². The molecule has 4 aromatic carbocycles. The van der Waals surface area contributed by atoms with Crippen molar-refractivity contribution in [1.82, 2.24) is 4.90 Å². The molecule has 0 atom stereocenters. The minimum absolute atomic E-state index is 0. The van der Waals surface area contributed by atoms with Crippen LogP contribution in [0.4, 0.5) is 5.69 Å². The van der Waals surface area contributed by atoms with E-state index in [1.807, 2.05) is 24.3 Å². The Morgan fingerprint density at radius 3 is 1.98 bits per heavy atom. The van der Waals surface area contributed by atoms with Gasteiger partial charge >= 0.3 is 0 Å². The van der Waals surface area contributed by atoms with Crippen LogP contribution < -0.4 is 4.90 Å². The summed E-state index contributed by atoms with van der Waals surface area (Å²) >= 11 is 0. The number of phenols is 1. The van der Waals surface area contributed by atoms with Gasteiger partial charge in [-0.05, 0) is 25.1 Å². The molecule has 4 aromatic rings. The molecule has 3 amide bonds. The fourth-order valence-electron chi connectivity index (χ4n) is 4.76. The van der Waals surface area contributed by atoms with E-state index in [-0.39, 0.29) is 72.2 Å². The van der Waals surface area contributed by atoms with Crippen molar-refractivity contribution in [3.63, 3.8) is 0 Å². The normalized spacial score (nSPS) is 13.3. The summed E-state index contributed by atoms with van der Waals surface area (Å²) in [6.07, 6.45) is 0. The summed E-state index contributed by atoms with van der Waals surface area (Å²) in [4.78, 5) is 54.1. The van der Waals surface area contributed by atoms with Crippen LogP contribution in [0.3, 0.4) is 0 Å². The number of carbonyl (C=O) groups is 4. The fourth-order valence-corrected chi connectivity index (χ4v) is 4.76. The Balaban J connectivity index is 0.000000425. The summed E-state index contributed by atoms with van der Waals surface area (Å²) < 4.78 is 0. The molecule has 0 aliphatic carbocycles. The van der Waals surface area contributed by atoms with E-state index in [2.05, 4.69) is 25.6 Å². The quantitative estimate of drug-likeness (QED) is 0.189. The van der Waals surface area contributed by atoms with Gasteiger partial charge in [0.2, 0.25) is 0 Å². The number of aryl methyl sites for hydroxylation is 1. The van der Waals surface area contributed by atoms with Gasteiger partial charge in [0.1, 0.15) is 5.75 Å². The number of fused-ring (bicyclic) bond motifs is 2. The summed E-state index contributed by atoms with van der Waals surface area (Å²) in [5.74, 6) is -2.17. The number of phenolic OH excluding ortho intramolecular Hbond substituents is 1. The Hall–Kier alpha value is -4.20. The van der Waals surface area contributed by atoms with E-state index in [0.717, 1.165) is 4.90 Å². The standard InChI is InChI=1S/C26H17N2O5.C7H7.Y/c1-13-21-14(2)27(3)24(31)19(21)12-20(22(13)29)23(30)15-9-10-17-18(11-15)26(33)28(25(17)32)16-7-5-4-6-8-16;1-7-5-3-2-4-6-7;/h5-12,29H,2H2,1,3H3;3-6H,1H3;/q2*-1;. The molecule has 8 heteroatoms. The Morgan fingerprint density at radius 1 is 0.805 bits per heavy atom. The predicted octanol–water partition coefficient (Wildman–Crippen LogP) is 5.38. The minimum atomic E-state index is -0.567. The van der Waals surface area contributed by atoms with Crippen LogP contribution in [0, 0.1) is 26.0 Å². The molecule has 201 valence electrons. The van der Waals surface area contributed by atoms with Crippen LogP contribution in [0.2, 0.25) is 0 Å². The van der Waals surface area contributed by atoms with Crippen molar-refractivity contribution in [2.75, 3.05) is 11.9 Å². The van der Waals surface area contributed by atoms with Gasteiger partial charge in [-0.25, -0.2) is 0 Å². The minimum Gasteiger partial charge on any atom is -0.507 e. The first-order valence-corrected chi connectivity index (χ1v) is 12.4. The van der Waals surface area contributed by atoms with E-state index in [9.17, 15) is 24.3 Å². The summed E-state index contributed by atoms with van der Waals surface area (Å²) in [5, 5.41) is 10.7. The molecule has 1 radical (unpaired) electrons. The number of aromatic hydroxyl groups is 1. The van der Waals surface area contributed by atoms with Gasteiger partial charge in [-0.2, -0.15) is 54.1 Å². The fraction of sp³-hybridized carbons (Fsp3) is 0.0909. The van der Waals surface area contributed by atoms with Crippen molar-refractivity contribution in [2.45, 2.75) is 13.8 Å². The summed E-state index contributed by atoms with van der Waals surface area (Å²) in [7, 11) is 1.57. The maximum Gasteiger partial charge on any atom is 0.264 e. The summed E-state index contributed by atoms with van der Waals surface area (Å²) in [5.41, 5.74) is 3.64. The molecule has 2 aliphatic rings. The monoisotopic (exact) mass is 617 g/mol. The molecule has 0 fully saturated rings. The Morgan fingerprint density at radius 2 is 1.39 bits per heavy atom. The molecular weight excluding hydrogens is 593 g/mol. The number of ketones is 1. The molecule has 2 aliphatic heterocycles. The number of hydrogen-bond acceptors (Lipinski definition) is 5. The van der Waals surface area contributed by atoms with Gasteiger partial charge in [-0.3, -0.25) is 24.1 Å². The molecule has 7 nitrogen and oxygen atoms in total. The first-order chi connectivity index (χ1) is 19.1. The summed E-state index contributed by atoms with van der Waals surface area (Å²) in [6.45, 7) is 7.56. The third-order valence-electron chi connectivity index (χ3n) is 7.01. The van der Waals surface area contributed by atoms with Crippen LogP contribution in [-0.4, -0.2) is 40.6 Å². The number of amides is 3. The second-order valence-electron chi connectivity index (χ2n) is 9.50. The number of benzene rings is 4. The number of nitrogens with zero attached hydrogens (tertiary/aromatic N) is 2. The maximum atomic E-state index is 13.3. The van der Waals surface area contributed by atoms with Crippen LogP contribution in [0.1, 0.15) is 63.7 Å². The number of anilines is 1. The molecule has 1 N–H and O–H groups in total. The van der Waals surface area contributed by atoms with Crippen LogP contribution in [0.5, 0.6) is 5.75 Å². The zero-order valence-corrected chi connectivity index (χ0v) is 25.5. The first-order valence-electron chi connectivity index (χ1n) is 12.4. The third kappa shape index (κ3) is 5.19. The first kappa shape index (κ1) is 29.8. The SMILES string of the molecule is C=C1c2c(cc(C(=O)c3ccc4c(c3)C(=O)N(c3cc[c-]cc3)C4=O)c(O)c2C)C(=O)N1C.Cc1cc[c-]cc1.[Y]. The van der Waals surface area contributed by atoms with Crippen molar-refractivity contribution in [2.24, 2.45) is 0 Å². The Bertz CT molecular complexity index is 1730. The molecule has 0 bridgehead atoms. The molecule has 0 unspecified atom stereocenters. The molecule has 0 aromatic heterocycles. The van der Waals surface area contributed by atoms with Crippen molar-refractivity contribution < 1.29 is 57.0 Å². The van der Waals surface area contributed by atoms with Crippen molar-refractivity contribution in [3.05, 3.63) is 136 Å². The molecule has 41 heavy (non-hydrogen) atoms. The van der Waals surface area contributed by atoms with Crippen molar-refractivity contribution >= 4 is 34.9 Å². The van der Waals surface area contributed by atoms with Gasteiger partial charge in [-0.1, -0.05) is 25.3 Å². The molecular formula is C33H24N2O5Y-2. The number of carbonyl (C=O) groups excluding carboxylic acids is 4. The second kappa shape index (κ2) is 11.7. The summed E-state index contributed by atoms with van der Waals surface area (Å²) in [6, 6.07) is 25.6.